The van der Waals surface area contributed by atoms with E-state index in [0.29, 0.717) is 42.5 Å². The van der Waals surface area contributed by atoms with Gasteiger partial charge in [-0.15, -0.1) is 0 Å². The van der Waals surface area contributed by atoms with Crippen LogP contribution in [0.5, 0.6) is 11.5 Å². The minimum absolute atomic E-state index is 0.0843. The third kappa shape index (κ3) is 5.76. The minimum atomic E-state index is -3.02. The summed E-state index contributed by atoms with van der Waals surface area (Å²) in [7, 11) is -3.02. The van der Waals surface area contributed by atoms with Gasteiger partial charge in [-0.2, -0.15) is 0 Å². The lowest BCUT2D eigenvalue weighted by Gasteiger charge is -2.35. The summed E-state index contributed by atoms with van der Waals surface area (Å²) in [6.45, 7) is 0.803. The molecule has 1 aliphatic heterocycles. The summed E-state index contributed by atoms with van der Waals surface area (Å²) in [6.07, 6.45) is 1.89. The highest BCUT2D eigenvalue weighted by molar-refractivity contribution is 7.90. The Labute approximate surface area is 220 Å². The second-order valence-corrected chi connectivity index (χ2v) is 11.8. The van der Waals surface area contributed by atoms with Crippen LogP contribution in [0.25, 0.3) is 10.9 Å². The van der Waals surface area contributed by atoms with Crippen LogP contribution >= 0.6 is 11.6 Å². The molecule has 0 spiro atoms. The van der Waals surface area contributed by atoms with Crippen molar-refractivity contribution in [2.45, 2.75) is 18.9 Å². The van der Waals surface area contributed by atoms with Gasteiger partial charge < -0.3 is 14.5 Å². The number of ether oxygens (including phenoxy) is 2. The number of carbonyl (C=O) groups is 1. The van der Waals surface area contributed by atoms with E-state index < -0.39 is 15.9 Å². The van der Waals surface area contributed by atoms with Crippen molar-refractivity contribution in [1.82, 2.24) is 9.88 Å². The van der Waals surface area contributed by atoms with E-state index in [4.69, 9.17) is 21.1 Å². The fourth-order valence-electron chi connectivity index (χ4n) is 4.70. The van der Waals surface area contributed by atoms with Crippen LogP contribution in [0.15, 0.2) is 72.8 Å². The zero-order valence-corrected chi connectivity index (χ0v) is 21.9. The van der Waals surface area contributed by atoms with Gasteiger partial charge in [-0.05, 0) is 66.4 Å². The molecule has 9 heteroatoms. The molecule has 0 fully saturated rings. The van der Waals surface area contributed by atoms with E-state index in [2.05, 4.69) is 11.1 Å². The van der Waals surface area contributed by atoms with Crippen LogP contribution in [0.2, 0.25) is 5.02 Å². The number of H-pyrrole nitrogens is 1. The van der Waals surface area contributed by atoms with Crippen molar-refractivity contribution in [2.24, 2.45) is 0 Å². The number of sulfone groups is 1. The number of benzene rings is 3. The van der Waals surface area contributed by atoms with Crippen molar-refractivity contribution in [3.63, 3.8) is 0 Å². The van der Waals surface area contributed by atoms with Gasteiger partial charge in [-0.25, -0.2) is 13.2 Å². The van der Waals surface area contributed by atoms with Gasteiger partial charge in [0.15, 0.2) is 0 Å². The lowest BCUT2D eigenvalue weighted by atomic mass is 9.92. The topological polar surface area (TPSA) is 88.7 Å². The Balaban J connectivity index is 1.42. The van der Waals surface area contributed by atoms with Gasteiger partial charge in [0.2, 0.25) is 0 Å². The fourth-order valence-corrected chi connectivity index (χ4v) is 5.47. The predicted octanol–water partition coefficient (Wildman–Crippen LogP) is 5.78. The van der Waals surface area contributed by atoms with Crippen molar-refractivity contribution in [2.75, 3.05) is 25.2 Å². The van der Waals surface area contributed by atoms with Crippen molar-refractivity contribution < 1.29 is 22.7 Å². The molecule has 5 rings (SSSR count). The molecule has 1 N–H and O–H groups in total. The van der Waals surface area contributed by atoms with Crippen molar-refractivity contribution in [1.29, 1.82) is 0 Å². The monoisotopic (exact) mass is 538 g/mol. The number of hydrogen-bond acceptors (Lipinski definition) is 5. The van der Waals surface area contributed by atoms with Crippen molar-refractivity contribution in [3.8, 4) is 11.5 Å². The molecule has 1 aromatic heterocycles. The fraction of sp³-hybridized carbons (Fsp3) is 0.250. The second-order valence-electron chi connectivity index (χ2n) is 9.13. The Morgan fingerprint density at radius 3 is 2.46 bits per heavy atom. The van der Waals surface area contributed by atoms with E-state index in [9.17, 15) is 13.2 Å². The highest BCUT2D eigenvalue weighted by Gasteiger charge is 2.35. The normalized spacial score (nSPS) is 15.4. The third-order valence-corrected chi connectivity index (χ3v) is 7.69. The highest BCUT2D eigenvalue weighted by Crippen LogP contribution is 2.39. The molecule has 2 heterocycles. The number of rotatable bonds is 7. The average Bonchev–Trinajstić information content (AvgIpc) is 3.26. The zero-order valence-electron chi connectivity index (χ0n) is 20.3. The molecular formula is C28H27ClN2O5S. The molecular weight excluding hydrogens is 512 g/mol. The quantitative estimate of drug-likeness (QED) is 0.301. The average molecular weight is 539 g/mol. The zero-order chi connectivity index (χ0) is 26.0. The molecule has 1 amide bonds. The second kappa shape index (κ2) is 10.5. The SMILES string of the molecule is CS(=O)(=O)CCCOc1ccc([C@H]2c3[nH]c4ccccc4c3CCN2C(=O)Oc2ccc(Cl)cc2)cc1. The first-order valence-electron chi connectivity index (χ1n) is 12.0. The van der Waals surface area contributed by atoms with Crippen LogP contribution in [0.3, 0.4) is 0 Å². The van der Waals surface area contributed by atoms with E-state index in [1.165, 1.54) is 11.8 Å². The van der Waals surface area contributed by atoms with Crippen LogP contribution < -0.4 is 9.47 Å². The van der Waals surface area contributed by atoms with Crippen LogP contribution in [0, 0.1) is 0 Å². The summed E-state index contributed by atoms with van der Waals surface area (Å²) in [5.41, 5.74) is 4.08. The minimum Gasteiger partial charge on any atom is -0.494 e. The standard InChI is InChI=1S/C28H27ClN2O5S/c1-37(33,34)18-4-17-35-21-11-7-19(8-12-21)27-26-24(23-5-2-3-6-25(23)30-26)15-16-31(27)28(32)36-22-13-9-20(29)10-14-22/h2-3,5-14,27,30H,4,15-18H2,1H3/t27-/m0/s1. The summed E-state index contributed by atoms with van der Waals surface area (Å²) >= 11 is 5.98. The summed E-state index contributed by atoms with van der Waals surface area (Å²) in [5, 5.41) is 1.72. The predicted molar refractivity (Wildman–Crippen MR) is 144 cm³/mol. The molecule has 0 saturated carbocycles. The van der Waals surface area contributed by atoms with Crippen molar-refractivity contribution >= 4 is 38.4 Å². The molecule has 1 atom stereocenters. The first-order chi connectivity index (χ1) is 17.8. The number of hydrogen-bond donors (Lipinski definition) is 1. The van der Waals surface area contributed by atoms with Crippen LogP contribution in [-0.2, 0) is 16.3 Å². The van der Waals surface area contributed by atoms with E-state index in [0.717, 1.165) is 22.2 Å². The molecule has 7 nitrogen and oxygen atoms in total. The number of aromatic amines is 1. The molecule has 1 aliphatic rings. The Morgan fingerprint density at radius 1 is 1.03 bits per heavy atom. The lowest BCUT2D eigenvalue weighted by Crippen LogP contribution is -2.42. The van der Waals surface area contributed by atoms with Gasteiger partial charge >= 0.3 is 6.09 Å². The number of carbonyl (C=O) groups excluding carboxylic acids is 1. The van der Waals surface area contributed by atoms with Crippen LogP contribution in [0.1, 0.15) is 29.3 Å². The first-order valence-corrected chi connectivity index (χ1v) is 14.5. The summed E-state index contributed by atoms with van der Waals surface area (Å²) in [5.74, 6) is 1.15. The number of fused-ring (bicyclic) bond motifs is 3. The number of nitrogens with zero attached hydrogens (tertiary/aromatic N) is 1. The Hall–Kier alpha value is -3.49. The maximum absolute atomic E-state index is 13.4. The molecule has 3 aromatic carbocycles. The van der Waals surface area contributed by atoms with Gasteiger partial charge in [0.1, 0.15) is 27.4 Å². The maximum Gasteiger partial charge on any atom is 0.416 e. The van der Waals surface area contributed by atoms with Gasteiger partial charge in [0, 0.05) is 34.4 Å². The van der Waals surface area contributed by atoms with E-state index in [1.54, 1.807) is 29.2 Å². The van der Waals surface area contributed by atoms with Crippen molar-refractivity contribution in [3.05, 3.63) is 94.6 Å². The van der Waals surface area contributed by atoms with Gasteiger partial charge in [0.05, 0.1) is 12.4 Å². The molecule has 0 unspecified atom stereocenters. The third-order valence-electron chi connectivity index (χ3n) is 6.41. The number of para-hydroxylation sites is 1. The van der Waals surface area contributed by atoms with Gasteiger partial charge in [0.25, 0.3) is 0 Å². The van der Waals surface area contributed by atoms with Crippen LogP contribution in [-0.4, -0.2) is 49.6 Å². The number of aromatic nitrogens is 1. The smallest absolute Gasteiger partial charge is 0.416 e. The molecule has 0 radical (unpaired) electrons. The van der Waals surface area contributed by atoms with E-state index in [1.807, 2.05) is 42.5 Å². The van der Waals surface area contributed by atoms with Gasteiger partial charge in [-0.3, -0.25) is 4.90 Å². The van der Waals surface area contributed by atoms with E-state index in [-0.39, 0.29) is 11.8 Å². The first kappa shape index (κ1) is 25.2. The number of halogens is 1. The number of nitrogens with one attached hydrogen (secondary N) is 1. The van der Waals surface area contributed by atoms with Crippen LogP contribution in [0.4, 0.5) is 4.79 Å². The molecule has 0 saturated heterocycles. The molecule has 192 valence electrons. The number of amides is 1. The Bertz CT molecular complexity index is 1510. The highest BCUT2D eigenvalue weighted by atomic mass is 35.5. The maximum atomic E-state index is 13.4. The molecule has 0 bridgehead atoms. The van der Waals surface area contributed by atoms with E-state index >= 15 is 0 Å². The summed E-state index contributed by atoms with van der Waals surface area (Å²) in [4.78, 5) is 18.6. The summed E-state index contributed by atoms with van der Waals surface area (Å²) in [6, 6.07) is 22.0. The Morgan fingerprint density at radius 2 is 1.73 bits per heavy atom. The lowest BCUT2D eigenvalue weighted by molar-refractivity contribution is 0.135. The Kier molecular flexibility index (Phi) is 7.13. The molecule has 0 aliphatic carbocycles. The molecule has 4 aromatic rings. The van der Waals surface area contributed by atoms with Gasteiger partial charge in [-0.1, -0.05) is 41.9 Å². The largest absolute Gasteiger partial charge is 0.494 e. The molecule has 37 heavy (non-hydrogen) atoms. The summed E-state index contributed by atoms with van der Waals surface area (Å²) < 4.78 is 34.1.